The lowest BCUT2D eigenvalue weighted by atomic mass is 10.1. The fraction of sp³-hybridized carbons (Fsp3) is 0.571. The summed E-state index contributed by atoms with van der Waals surface area (Å²) in [6.07, 6.45) is 0. The van der Waals surface area contributed by atoms with Crippen molar-refractivity contribution in [3.63, 3.8) is 0 Å². The Morgan fingerprint density at radius 2 is 1.94 bits per heavy atom. The van der Waals surface area contributed by atoms with Crippen LogP contribution in [0.4, 0.5) is 5.69 Å². The smallest absolute Gasteiger partial charge is 0.0511 e. The molecular formula is C14H21BrN2S. The highest BCUT2D eigenvalue weighted by Gasteiger charge is 2.23. The number of hydrogen-bond donors (Lipinski definition) is 1. The molecule has 0 bridgehead atoms. The van der Waals surface area contributed by atoms with Crippen LogP contribution >= 0.6 is 27.7 Å². The molecule has 0 saturated carbocycles. The van der Waals surface area contributed by atoms with E-state index in [2.05, 4.69) is 64.6 Å². The van der Waals surface area contributed by atoms with Crippen LogP contribution in [0.1, 0.15) is 32.4 Å². The second-order valence-corrected chi connectivity index (χ2v) is 7.90. The lowest BCUT2D eigenvalue weighted by Crippen LogP contribution is -2.40. The number of anilines is 1. The Kier molecular flexibility index (Phi) is 4.62. The number of hydrogen-bond acceptors (Lipinski definition) is 3. The Morgan fingerprint density at radius 1 is 1.33 bits per heavy atom. The van der Waals surface area contributed by atoms with E-state index >= 15 is 0 Å². The molecule has 2 rings (SSSR count). The number of rotatable bonds is 2. The molecule has 1 aliphatic heterocycles. The first-order chi connectivity index (χ1) is 8.47. The third-order valence-corrected chi connectivity index (χ3v) is 5.12. The van der Waals surface area contributed by atoms with Crippen molar-refractivity contribution >= 4 is 33.4 Å². The van der Waals surface area contributed by atoms with Crippen LogP contribution < -0.4 is 10.6 Å². The predicted molar refractivity (Wildman–Crippen MR) is 85.5 cm³/mol. The highest BCUT2D eigenvalue weighted by molar-refractivity contribution is 9.10. The number of halogens is 1. The van der Waals surface area contributed by atoms with Gasteiger partial charge in [-0.15, -0.1) is 0 Å². The summed E-state index contributed by atoms with van der Waals surface area (Å²) in [6.45, 7) is 8.86. The van der Waals surface area contributed by atoms with Gasteiger partial charge in [0.1, 0.15) is 0 Å². The summed E-state index contributed by atoms with van der Waals surface area (Å²) in [5.74, 6) is 0. The van der Waals surface area contributed by atoms with E-state index < -0.39 is 0 Å². The van der Waals surface area contributed by atoms with Crippen molar-refractivity contribution in [2.45, 2.75) is 37.3 Å². The van der Waals surface area contributed by atoms with Crippen molar-refractivity contribution in [2.24, 2.45) is 5.73 Å². The van der Waals surface area contributed by atoms with Crippen LogP contribution in [0.25, 0.3) is 0 Å². The van der Waals surface area contributed by atoms with Gasteiger partial charge in [0.05, 0.1) is 5.69 Å². The third-order valence-electron chi connectivity index (χ3n) is 3.26. The summed E-state index contributed by atoms with van der Waals surface area (Å²) < 4.78 is 1.16. The van der Waals surface area contributed by atoms with Gasteiger partial charge in [-0.05, 0) is 40.5 Å². The van der Waals surface area contributed by atoms with Crippen LogP contribution in [0, 0.1) is 0 Å². The summed E-state index contributed by atoms with van der Waals surface area (Å²) in [5, 5.41) is 1.38. The molecule has 1 heterocycles. The van der Waals surface area contributed by atoms with Crippen LogP contribution in [-0.2, 0) is 0 Å². The van der Waals surface area contributed by atoms with Gasteiger partial charge in [0.2, 0.25) is 0 Å². The zero-order chi connectivity index (χ0) is 13.3. The summed E-state index contributed by atoms with van der Waals surface area (Å²) in [6, 6.07) is 6.57. The van der Waals surface area contributed by atoms with Gasteiger partial charge in [0.15, 0.2) is 0 Å². The van der Waals surface area contributed by atoms with Crippen molar-refractivity contribution in [1.29, 1.82) is 0 Å². The molecule has 4 heteroatoms. The minimum atomic E-state index is 0.0881. The molecule has 0 radical (unpaired) electrons. The molecule has 1 fully saturated rings. The monoisotopic (exact) mass is 328 g/mol. The quantitative estimate of drug-likeness (QED) is 0.895. The van der Waals surface area contributed by atoms with Crippen molar-refractivity contribution in [2.75, 3.05) is 18.0 Å². The minimum Gasteiger partial charge on any atom is -0.368 e. The minimum absolute atomic E-state index is 0.0881. The van der Waals surface area contributed by atoms with Crippen LogP contribution in [0.2, 0.25) is 0 Å². The second-order valence-electron chi connectivity index (χ2n) is 5.16. The normalized spacial score (nSPS) is 26.2. The topological polar surface area (TPSA) is 29.3 Å². The zero-order valence-corrected chi connectivity index (χ0v) is 13.6. The molecular weight excluding hydrogens is 308 g/mol. The standard InChI is InChI=1S/C14H21BrN2S/c1-9-7-17(8-10(2)18-9)14-5-4-12(11(3)16)6-13(14)15/h4-6,9-11H,7-8,16H2,1-3H3/t9?,10?,11-/m0/s1. The van der Waals surface area contributed by atoms with E-state index in [4.69, 9.17) is 5.73 Å². The Balaban J connectivity index is 2.22. The highest BCUT2D eigenvalue weighted by atomic mass is 79.9. The molecule has 0 aliphatic carbocycles. The molecule has 3 atom stereocenters. The van der Waals surface area contributed by atoms with Gasteiger partial charge < -0.3 is 10.6 Å². The number of nitrogens with two attached hydrogens (primary N) is 1. The largest absolute Gasteiger partial charge is 0.368 e. The summed E-state index contributed by atoms with van der Waals surface area (Å²) >= 11 is 5.76. The Morgan fingerprint density at radius 3 is 2.44 bits per heavy atom. The molecule has 2 N–H and O–H groups in total. The molecule has 2 nitrogen and oxygen atoms in total. The van der Waals surface area contributed by atoms with Crippen molar-refractivity contribution in [1.82, 2.24) is 0 Å². The molecule has 2 unspecified atom stereocenters. The van der Waals surface area contributed by atoms with E-state index in [-0.39, 0.29) is 6.04 Å². The maximum atomic E-state index is 5.92. The molecule has 0 amide bonds. The Labute approximate surface area is 122 Å². The van der Waals surface area contributed by atoms with E-state index in [1.54, 1.807) is 0 Å². The number of nitrogens with zero attached hydrogens (tertiary/aromatic N) is 1. The van der Waals surface area contributed by atoms with Crippen molar-refractivity contribution in [3.05, 3.63) is 28.2 Å². The first kappa shape index (κ1) is 14.2. The van der Waals surface area contributed by atoms with E-state index in [9.17, 15) is 0 Å². The Bertz CT molecular complexity index is 412. The zero-order valence-electron chi connectivity index (χ0n) is 11.2. The van der Waals surface area contributed by atoms with Crippen LogP contribution in [0.5, 0.6) is 0 Å². The lowest BCUT2D eigenvalue weighted by Gasteiger charge is -2.36. The molecule has 0 aromatic heterocycles. The van der Waals surface area contributed by atoms with Gasteiger partial charge >= 0.3 is 0 Å². The van der Waals surface area contributed by atoms with Crippen LogP contribution in [-0.4, -0.2) is 23.6 Å². The lowest BCUT2D eigenvalue weighted by molar-refractivity contribution is 0.726. The maximum Gasteiger partial charge on any atom is 0.0511 e. The fourth-order valence-electron chi connectivity index (χ4n) is 2.44. The van der Waals surface area contributed by atoms with Crippen molar-refractivity contribution in [3.8, 4) is 0 Å². The molecule has 1 aromatic rings. The van der Waals surface area contributed by atoms with Crippen LogP contribution in [0.3, 0.4) is 0 Å². The van der Waals surface area contributed by atoms with Gasteiger partial charge in [-0.2, -0.15) is 11.8 Å². The average Bonchev–Trinajstić information content (AvgIpc) is 2.27. The number of thioether (sulfide) groups is 1. The predicted octanol–water partition coefficient (Wildman–Crippen LogP) is 3.80. The molecule has 100 valence electrons. The van der Waals surface area contributed by atoms with Crippen molar-refractivity contribution < 1.29 is 0 Å². The first-order valence-electron chi connectivity index (χ1n) is 6.43. The van der Waals surface area contributed by atoms with Gasteiger partial charge in [-0.1, -0.05) is 19.9 Å². The average molecular weight is 329 g/mol. The van der Waals surface area contributed by atoms with E-state index in [1.807, 2.05) is 6.92 Å². The van der Waals surface area contributed by atoms with E-state index in [1.165, 1.54) is 11.3 Å². The van der Waals surface area contributed by atoms with Crippen LogP contribution in [0.15, 0.2) is 22.7 Å². The Hall–Kier alpha value is -0.190. The summed E-state index contributed by atoms with van der Waals surface area (Å²) in [4.78, 5) is 2.47. The van der Waals surface area contributed by atoms with Gasteiger partial charge in [0, 0.05) is 34.1 Å². The fourth-order valence-corrected chi connectivity index (χ4v) is 4.41. The molecule has 0 spiro atoms. The highest BCUT2D eigenvalue weighted by Crippen LogP contribution is 2.34. The van der Waals surface area contributed by atoms with Gasteiger partial charge in [-0.25, -0.2) is 0 Å². The summed E-state index contributed by atoms with van der Waals surface area (Å²) in [5.41, 5.74) is 8.39. The summed E-state index contributed by atoms with van der Waals surface area (Å²) in [7, 11) is 0. The second kappa shape index (κ2) is 5.85. The van der Waals surface area contributed by atoms with Gasteiger partial charge in [0.25, 0.3) is 0 Å². The first-order valence-corrected chi connectivity index (χ1v) is 8.16. The SMILES string of the molecule is CC1CN(c2ccc([C@H](C)N)cc2Br)CC(C)S1. The van der Waals surface area contributed by atoms with Gasteiger partial charge in [-0.3, -0.25) is 0 Å². The maximum absolute atomic E-state index is 5.92. The molecule has 1 saturated heterocycles. The van der Waals surface area contributed by atoms with E-state index in [0.29, 0.717) is 10.5 Å². The molecule has 1 aromatic carbocycles. The third kappa shape index (κ3) is 3.22. The number of benzene rings is 1. The molecule has 1 aliphatic rings. The van der Waals surface area contributed by atoms with E-state index in [0.717, 1.165) is 17.6 Å². The molecule has 18 heavy (non-hydrogen) atoms.